The molecule has 1 heterocycles. The van der Waals surface area contributed by atoms with Gasteiger partial charge in [-0.25, -0.2) is 0 Å². The molecule has 2 aliphatic rings. The first-order chi connectivity index (χ1) is 14.3. The number of fused-ring (bicyclic) bond motifs is 2. The van der Waals surface area contributed by atoms with Gasteiger partial charge in [-0.05, 0) is 0 Å². The fourth-order valence-electron chi connectivity index (χ4n) is 4.68. The number of rotatable bonds is 4. The molecule has 5 rings (SSSR count). The fourth-order valence-corrected chi connectivity index (χ4v) is 6.75. The molecule has 1 radical (unpaired) electrons. The van der Waals surface area contributed by atoms with Crippen molar-refractivity contribution in [1.82, 2.24) is 4.98 Å². The zero-order chi connectivity index (χ0) is 19.6. The van der Waals surface area contributed by atoms with E-state index >= 15 is 0 Å². The van der Waals surface area contributed by atoms with E-state index in [0.717, 1.165) is 33.9 Å². The molecule has 2 aliphatic carbocycles. The van der Waals surface area contributed by atoms with Crippen LogP contribution in [0.4, 0.5) is 5.69 Å². The molecular weight excluding hydrogens is 419 g/mol. The van der Waals surface area contributed by atoms with E-state index in [-0.39, 0.29) is 27.6 Å². The van der Waals surface area contributed by atoms with Crippen molar-refractivity contribution in [2.24, 2.45) is 5.92 Å². The third kappa shape index (κ3) is 4.12. The molecule has 0 aliphatic heterocycles. The van der Waals surface area contributed by atoms with Gasteiger partial charge in [-0.3, -0.25) is 0 Å². The molecule has 1 saturated carbocycles. The number of nitrogens with one attached hydrogen (secondary N) is 1. The fraction of sp³-hybridized carbons (Fsp3) is 0.360. The average molecular weight is 445 g/mol. The second-order valence-electron chi connectivity index (χ2n) is 8.29. The van der Waals surface area contributed by atoms with Crippen LogP contribution in [0.3, 0.4) is 0 Å². The molecule has 3 nitrogen and oxygen atoms in total. The van der Waals surface area contributed by atoms with Crippen LogP contribution in [0, 0.1) is 5.92 Å². The zero-order valence-electron chi connectivity index (χ0n) is 16.7. The van der Waals surface area contributed by atoms with Crippen LogP contribution >= 0.6 is 0 Å². The van der Waals surface area contributed by atoms with Crippen LogP contribution in [-0.2, 0) is 17.6 Å². The third-order valence-corrected chi connectivity index (χ3v) is 8.35. The van der Waals surface area contributed by atoms with Gasteiger partial charge in [-0.15, -0.1) is 0 Å². The summed E-state index contributed by atoms with van der Waals surface area (Å²) in [6.07, 6.45) is 9.34. The molecule has 1 aromatic heterocycles. The van der Waals surface area contributed by atoms with Crippen molar-refractivity contribution in [1.29, 1.82) is 0 Å². The van der Waals surface area contributed by atoms with Gasteiger partial charge >= 0.3 is 179 Å². The molecule has 0 bridgehead atoms. The van der Waals surface area contributed by atoms with Crippen LogP contribution in [0.5, 0.6) is 0 Å². The SMILES string of the molecule is O=C(Nc1cc([As]c2ccc3c(c2)CCC3)nc2ccccc12)C1CCCCC1. The van der Waals surface area contributed by atoms with Gasteiger partial charge in [0.2, 0.25) is 0 Å². The monoisotopic (exact) mass is 445 g/mol. The predicted molar refractivity (Wildman–Crippen MR) is 120 cm³/mol. The molecule has 0 atom stereocenters. The number of carbonyl (C=O) groups excluding carboxylic acids is 1. The van der Waals surface area contributed by atoms with Crippen molar-refractivity contribution in [3.8, 4) is 0 Å². The number of benzene rings is 2. The summed E-state index contributed by atoms with van der Waals surface area (Å²) in [7, 11) is 0. The van der Waals surface area contributed by atoms with Crippen molar-refractivity contribution >= 4 is 47.1 Å². The first-order valence-electron chi connectivity index (χ1n) is 10.8. The maximum absolute atomic E-state index is 12.9. The number of nitrogens with zero attached hydrogens (tertiary/aromatic N) is 1. The molecule has 1 amide bonds. The molecule has 2 aromatic carbocycles. The minimum absolute atomic E-state index is 0.157. The van der Waals surface area contributed by atoms with Crippen LogP contribution in [-0.4, -0.2) is 26.6 Å². The summed E-state index contributed by atoms with van der Waals surface area (Å²) in [5, 5.41) is 4.30. The summed E-state index contributed by atoms with van der Waals surface area (Å²) in [6.45, 7) is 0. The van der Waals surface area contributed by atoms with Crippen LogP contribution < -0.4 is 14.1 Å². The summed E-state index contributed by atoms with van der Waals surface area (Å²) in [4.78, 5) is 17.8. The first-order valence-corrected chi connectivity index (χ1v) is 12.7. The number of pyridine rings is 1. The molecule has 0 spiro atoms. The van der Waals surface area contributed by atoms with Gasteiger partial charge < -0.3 is 0 Å². The Morgan fingerprint density at radius 3 is 2.66 bits per heavy atom. The molecule has 4 heteroatoms. The molecule has 0 saturated heterocycles. The average Bonchev–Trinajstić information content (AvgIpc) is 3.22. The maximum atomic E-state index is 12.9. The molecule has 29 heavy (non-hydrogen) atoms. The molecule has 1 fully saturated rings. The molecule has 3 aromatic rings. The molecule has 0 unspecified atom stereocenters. The Morgan fingerprint density at radius 2 is 1.76 bits per heavy atom. The van der Waals surface area contributed by atoms with Crippen molar-refractivity contribution in [3.05, 3.63) is 59.7 Å². The van der Waals surface area contributed by atoms with E-state index in [9.17, 15) is 4.79 Å². The van der Waals surface area contributed by atoms with E-state index in [2.05, 4.69) is 41.7 Å². The number of para-hydroxylation sites is 1. The summed E-state index contributed by atoms with van der Waals surface area (Å²) >= 11 is -0.202. The number of amides is 1. The van der Waals surface area contributed by atoms with E-state index in [1.807, 2.05) is 12.1 Å². The molecular formula is C25H26AsN2O. The Balaban J connectivity index is 1.44. The van der Waals surface area contributed by atoms with Gasteiger partial charge in [-0.2, -0.15) is 0 Å². The van der Waals surface area contributed by atoms with E-state index in [0.29, 0.717) is 0 Å². The Morgan fingerprint density at radius 1 is 0.931 bits per heavy atom. The van der Waals surface area contributed by atoms with Crippen molar-refractivity contribution in [3.63, 3.8) is 0 Å². The third-order valence-electron chi connectivity index (χ3n) is 6.26. The van der Waals surface area contributed by atoms with Crippen LogP contribution in [0.15, 0.2) is 48.5 Å². The first kappa shape index (κ1) is 18.9. The summed E-state index contributed by atoms with van der Waals surface area (Å²) in [5.41, 5.74) is 4.93. The quantitative estimate of drug-likeness (QED) is 0.619. The second kappa shape index (κ2) is 8.32. The van der Waals surface area contributed by atoms with Gasteiger partial charge in [0.05, 0.1) is 0 Å². The predicted octanol–water partition coefficient (Wildman–Crippen LogP) is 3.90. The summed E-state index contributed by atoms with van der Waals surface area (Å²) in [5.74, 6) is 0.338. The normalized spacial score (nSPS) is 17.1. The van der Waals surface area contributed by atoms with Crippen LogP contribution in [0.1, 0.15) is 49.7 Å². The number of carbonyl (C=O) groups is 1. The summed E-state index contributed by atoms with van der Waals surface area (Å²) < 4.78 is 2.51. The number of aromatic nitrogens is 1. The van der Waals surface area contributed by atoms with Crippen LogP contribution in [0.25, 0.3) is 10.9 Å². The Labute approximate surface area is 179 Å². The van der Waals surface area contributed by atoms with Gasteiger partial charge in [0, 0.05) is 0 Å². The van der Waals surface area contributed by atoms with E-state index in [1.54, 1.807) is 0 Å². The standard InChI is InChI=1S/C25H26AsN2O/c29-25(18-7-2-1-3-8-18)28-23-16-24(27-22-12-5-4-11-21(22)23)26-20-14-13-17-9-6-10-19(17)15-20/h4-5,11-16,18H,1-3,6-10H2,(H,27,28,29). The molecule has 1 N–H and O–H groups in total. The summed E-state index contributed by atoms with van der Waals surface area (Å²) in [6, 6.07) is 17.3. The van der Waals surface area contributed by atoms with Gasteiger partial charge in [-0.1, -0.05) is 0 Å². The Bertz CT molecular complexity index is 1060. The van der Waals surface area contributed by atoms with Gasteiger partial charge in [0.15, 0.2) is 0 Å². The number of hydrogen-bond donors (Lipinski definition) is 1. The van der Waals surface area contributed by atoms with Crippen LogP contribution in [0.2, 0.25) is 0 Å². The Hall–Kier alpha value is -2.12. The van der Waals surface area contributed by atoms with Gasteiger partial charge in [0.25, 0.3) is 0 Å². The topological polar surface area (TPSA) is 42.0 Å². The van der Waals surface area contributed by atoms with E-state index in [4.69, 9.17) is 4.98 Å². The van der Waals surface area contributed by atoms with Gasteiger partial charge in [0.1, 0.15) is 0 Å². The minimum atomic E-state index is -0.202. The van der Waals surface area contributed by atoms with Crippen molar-refractivity contribution in [2.75, 3.05) is 5.32 Å². The number of anilines is 1. The van der Waals surface area contributed by atoms with Crippen molar-refractivity contribution < 1.29 is 4.79 Å². The molecule has 147 valence electrons. The zero-order valence-corrected chi connectivity index (χ0v) is 18.5. The second-order valence-corrected chi connectivity index (χ2v) is 10.8. The number of aryl methyl sites for hydroxylation is 2. The van der Waals surface area contributed by atoms with Crippen molar-refractivity contribution in [2.45, 2.75) is 51.4 Å². The number of hydrogen-bond acceptors (Lipinski definition) is 2. The van der Waals surface area contributed by atoms with E-state index in [1.165, 1.54) is 54.0 Å². The van der Waals surface area contributed by atoms with E-state index < -0.39 is 0 Å². The Kier molecular flexibility index (Phi) is 5.42.